The summed E-state index contributed by atoms with van der Waals surface area (Å²) in [7, 11) is 0. The van der Waals surface area contributed by atoms with E-state index in [2.05, 4.69) is 24.3 Å². The fourth-order valence-electron chi connectivity index (χ4n) is 3.09. The smallest absolute Gasteiger partial charge is 0.278 e. The molecule has 2 aromatic rings. The van der Waals surface area contributed by atoms with Gasteiger partial charge in [-0.05, 0) is 55.5 Å². The van der Waals surface area contributed by atoms with Crippen LogP contribution in [0.5, 0.6) is 0 Å². The summed E-state index contributed by atoms with van der Waals surface area (Å²) in [5, 5.41) is 7.25. The molecule has 0 saturated heterocycles. The van der Waals surface area contributed by atoms with E-state index in [0.29, 0.717) is 29.5 Å². The van der Waals surface area contributed by atoms with Crippen LogP contribution < -0.4 is 5.32 Å². The van der Waals surface area contributed by atoms with Crippen LogP contribution >= 0.6 is 0 Å². The lowest BCUT2D eigenvalue weighted by Gasteiger charge is -2.09. The molecule has 2 rings (SSSR count). The first kappa shape index (κ1) is 18.9. The fourth-order valence-corrected chi connectivity index (χ4v) is 3.09. The van der Waals surface area contributed by atoms with E-state index in [0.717, 1.165) is 17.0 Å². The quantitative estimate of drug-likeness (QED) is 0.882. The molecule has 0 spiro atoms. The molecule has 5 nitrogen and oxygen atoms in total. The van der Waals surface area contributed by atoms with E-state index < -0.39 is 0 Å². The van der Waals surface area contributed by atoms with Crippen LogP contribution in [-0.4, -0.2) is 21.6 Å². The second kappa shape index (κ2) is 7.64. The number of rotatable bonds is 5. The van der Waals surface area contributed by atoms with Gasteiger partial charge in [0.25, 0.3) is 5.91 Å². The number of nitrogens with one attached hydrogen (secondary N) is 1. The molecular formula is C20H27N3O2. The molecule has 1 N–H and O–H groups in total. The molecule has 0 radical (unpaired) electrons. The highest BCUT2D eigenvalue weighted by molar-refractivity contribution is 5.97. The highest BCUT2D eigenvalue weighted by Crippen LogP contribution is 2.23. The Labute approximate surface area is 149 Å². The minimum atomic E-state index is -0.160. The van der Waals surface area contributed by atoms with Gasteiger partial charge >= 0.3 is 0 Å². The molecule has 0 fully saturated rings. The first-order chi connectivity index (χ1) is 11.7. The molecule has 1 heterocycles. The van der Waals surface area contributed by atoms with Crippen LogP contribution in [0.25, 0.3) is 0 Å². The van der Waals surface area contributed by atoms with Crippen molar-refractivity contribution in [1.82, 2.24) is 9.78 Å². The number of amides is 1. The average molecular weight is 341 g/mol. The van der Waals surface area contributed by atoms with E-state index in [1.54, 1.807) is 24.3 Å². The van der Waals surface area contributed by atoms with Crippen LogP contribution in [0, 0.1) is 19.8 Å². The van der Waals surface area contributed by atoms with Crippen LogP contribution in [-0.2, 0) is 4.79 Å². The average Bonchev–Trinajstić information content (AvgIpc) is 2.81. The predicted molar refractivity (Wildman–Crippen MR) is 100 cm³/mol. The van der Waals surface area contributed by atoms with Crippen LogP contribution in [0.15, 0.2) is 24.3 Å². The Hall–Kier alpha value is -2.43. The SMILES string of the molecule is Cc1nn(C(=O)c2ccc(NC(=O)CC(C)C)cc2)c(C)c1C(C)C. The largest absolute Gasteiger partial charge is 0.326 e. The lowest BCUT2D eigenvalue weighted by molar-refractivity contribution is -0.116. The molecule has 0 saturated carbocycles. The summed E-state index contributed by atoms with van der Waals surface area (Å²) >= 11 is 0. The van der Waals surface area contributed by atoms with Gasteiger partial charge in [0, 0.05) is 23.4 Å². The third-order valence-corrected chi connectivity index (χ3v) is 4.13. The molecule has 134 valence electrons. The third-order valence-electron chi connectivity index (χ3n) is 4.13. The van der Waals surface area contributed by atoms with Gasteiger partial charge in [0.2, 0.25) is 5.91 Å². The molecule has 1 amide bonds. The minimum absolute atomic E-state index is 0.0193. The van der Waals surface area contributed by atoms with Crippen LogP contribution in [0.1, 0.15) is 67.3 Å². The molecule has 1 aromatic heterocycles. The van der Waals surface area contributed by atoms with E-state index in [-0.39, 0.29) is 11.8 Å². The van der Waals surface area contributed by atoms with Gasteiger partial charge in [-0.15, -0.1) is 0 Å². The summed E-state index contributed by atoms with van der Waals surface area (Å²) in [6, 6.07) is 6.94. The van der Waals surface area contributed by atoms with Gasteiger partial charge in [0.1, 0.15) is 0 Å². The number of benzene rings is 1. The number of aromatic nitrogens is 2. The van der Waals surface area contributed by atoms with E-state index in [1.807, 2.05) is 27.7 Å². The van der Waals surface area contributed by atoms with E-state index in [1.165, 1.54) is 4.68 Å². The van der Waals surface area contributed by atoms with Gasteiger partial charge in [-0.25, -0.2) is 4.68 Å². The summed E-state index contributed by atoms with van der Waals surface area (Å²) in [6.45, 7) is 12.1. The maximum atomic E-state index is 12.7. The number of hydrogen-bond acceptors (Lipinski definition) is 3. The van der Waals surface area contributed by atoms with Crippen molar-refractivity contribution in [3.8, 4) is 0 Å². The lowest BCUT2D eigenvalue weighted by atomic mass is 10.0. The number of carbonyl (C=O) groups is 2. The Kier molecular flexibility index (Phi) is 5.77. The maximum absolute atomic E-state index is 12.7. The van der Waals surface area contributed by atoms with Crippen molar-refractivity contribution in [2.75, 3.05) is 5.32 Å². The van der Waals surface area contributed by atoms with Gasteiger partial charge in [-0.2, -0.15) is 5.10 Å². The number of hydrogen-bond donors (Lipinski definition) is 1. The first-order valence-corrected chi connectivity index (χ1v) is 8.71. The number of aryl methyl sites for hydroxylation is 1. The van der Waals surface area contributed by atoms with Crippen molar-refractivity contribution in [3.63, 3.8) is 0 Å². The van der Waals surface area contributed by atoms with Gasteiger partial charge in [0.05, 0.1) is 5.69 Å². The molecule has 0 aliphatic heterocycles. The Bertz CT molecular complexity index is 771. The van der Waals surface area contributed by atoms with Crippen molar-refractivity contribution in [3.05, 3.63) is 46.8 Å². The normalized spacial score (nSPS) is 11.2. The Morgan fingerprint density at radius 2 is 1.68 bits per heavy atom. The topological polar surface area (TPSA) is 64.0 Å². The highest BCUT2D eigenvalue weighted by Gasteiger charge is 2.19. The van der Waals surface area contributed by atoms with Crippen LogP contribution in [0.4, 0.5) is 5.69 Å². The van der Waals surface area contributed by atoms with Crippen molar-refractivity contribution >= 4 is 17.5 Å². The Morgan fingerprint density at radius 3 is 2.16 bits per heavy atom. The van der Waals surface area contributed by atoms with Gasteiger partial charge in [-0.1, -0.05) is 27.7 Å². The summed E-state index contributed by atoms with van der Waals surface area (Å²) in [6.07, 6.45) is 0.477. The molecule has 25 heavy (non-hydrogen) atoms. The third kappa shape index (κ3) is 4.35. The second-order valence-corrected chi connectivity index (χ2v) is 7.18. The zero-order valence-corrected chi connectivity index (χ0v) is 15.9. The van der Waals surface area contributed by atoms with Gasteiger partial charge in [0.15, 0.2) is 0 Å². The summed E-state index contributed by atoms with van der Waals surface area (Å²) in [4.78, 5) is 24.6. The zero-order valence-electron chi connectivity index (χ0n) is 15.9. The van der Waals surface area contributed by atoms with Crippen molar-refractivity contribution < 1.29 is 9.59 Å². The lowest BCUT2D eigenvalue weighted by Crippen LogP contribution is -2.16. The second-order valence-electron chi connectivity index (χ2n) is 7.18. The molecule has 5 heteroatoms. The molecule has 0 unspecified atom stereocenters. The Balaban J connectivity index is 2.19. The monoisotopic (exact) mass is 341 g/mol. The standard InChI is InChI=1S/C20H27N3O2/c1-12(2)11-18(24)21-17-9-7-16(8-10-17)20(25)23-15(6)19(13(3)4)14(5)22-23/h7-10,12-13H,11H2,1-6H3,(H,21,24). The fraction of sp³-hybridized carbons (Fsp3) is 0.450. The maximum Gasteiger partial charge on any atom is 0.278 e. The number of carbonyl (C=O) groups excluding carboxylic acids is 2. The zero-order chi connectivity index (χ0) is 18.7. The highest BCUT2D eigenvalue weighted by atomic mass is 16.2. The van der Waals surface area contributed by atoms with Gasteiger partial charge in [-0.3, -0.25) is 9.59 Å². The summed E-state index contributed by atoms with van der Waals surface area (Å²) < 4.78 is 1.47. The molecule has 1 aromatic carbocycles. The van der Waals surface area contributed by atoms with E-state index in [9.17, 15) is 9.59 Å². The molecular weight excluding hydrogens is 314 g/mol. The number of nitrogens with zero attached hydrogens (tertiary/aromatic N) is 2. The molecule has 0 aliphatic carbocycles. The van der Waals surface area contributed by atoms with Crippen LogP contribution in [0.2, 0.25) is 0 Å². The molecule has 0 aliphatic rings. The van der Waals surface area contributed by atoms with Crippen molar-refractivity contribution in [1.29, 1.82) is 0 Å². The Morgan fingerprint density at radius 1 is 1.08 bits per heavy atom. The van der Waals surface area contributed by atoms with E-state index in [4.69, 9.17) is 0 Å². The summed E-state index contributed by atoms with van der Waals surface area (Å²) in [5.74, 6) is 0.448. The molecule has 0 atom stereocenters. The van der Waals surface area contributed by atoms with Crippen molar-refractivity contribution in [2.45, 2.75) is 53.9 Å². The first-order valence-electron chi connectivity index (χ1n) is 8.71. The van der Waals surface area contributed by atoms with E-state index >= 15 is 0 Å². The number of anilines is 1. The molecule has 0 bridgehead atoms. The predicted octanol–water partition coefficient (Wildman–Crippen LogP) is 4.30. The summed E-state index contributed by atoms with van der Waals surface area (Å²) in [5.41, 5.74) is 4.12. The minimum Gasteiger partial charge on any atom is -0.326 e. The van der Waals surface area contributed by atoms with Crippen molar-refractivity contribution in [2.24, 2.45) is 5.92 Å². The van der Waals surface area contributed by atoms with Crippen LogP contribution in [0.3, 0.4) is 0 Å². The van der Waals surface area contributed by atoms with Gasteiger partial charge < -0.3 is 5.32 Å².